The first-order chi connectivity index (χ1) is 13.8. The second-order valence-electron chi connectivity index (χ2n) is 7.51. The van der Waals surface area contributed by atoms with Crippen molar-refractivity contribution in [2.24, 2.45) is 0 Å². The quantitative estimate of drug-likeness (QED) is 0.724. The molecule has 2 fully saturated rings. The zero-order valence-corrected chi connectivity index (χ0v) is 18.0. The normalized spacial score (nSPS) is 20.3. The van der Waals surface area contributed by atoms with Gasteiger partial charge >= 0.3 is 6.03 Å². The Morgan fingerprint density at radius 3 is 2.24 bits per heavy atom. The molecule has 0 spiro atoms. The van der Waals surface area contributed by atoms with Crippen LogP contribution in [0, 0.1) is 0 Å². The Kier molecular flexibility index (Phi) is 7.15. The van der Waals surface area contributed by atoms with Gasteiger partial charge in [-0.05, 0) is 44.0 Å². The van der Waals surface area contributed by atoms with Gasteiger partial charge in [0.25, 0.3) is 0 Å². The van der Waals surface area contributed by atoms with Gasteiger partial charge < -0.3 is 5.32 Å². The Bertz CT molecular complexity index is 832. The number of amides is 3. The second kappa shape index (κ2) is 9.42. The van der Waals surface area contributed by atoms with Crippen molar-refractivity contribution in [1.82, 2.24) is 19.8 Å². The van der Waals surface area contributed by atoms with E-state index in [0.29, 0.717) is 18.1 Å². The third kappa shape index (κ3) is 5.48. The topological polar surface area (TPSA) is 98.8 Å². The summed E-state index contributed by atoms with van der Waals surface area (Å²) in [7, 11) is -3.60. The molecule has 10 heteroatoms. The summed E-state index contributed by atoms with van der Waals surface area (Å²) in [5.41, 5.74) is 0. The molecule has 0 aromatic heterocycles. The predicted molar refractivity (Wildman–Crippen MR) is 110 cm³/mol. The van der Waals surface area contributed by atoms with Crippen molar-refractivity contribution in [1.29, 1.82) is 0 Å². The summed E-state index contributed by atoms with van der Waals surface area (Å²) < 4.78 is 26.9. The smallest absolute Gasteiger partial charge is 0.321 e. The number of sulfonamides is 1. The molecule has 1 heterocycles. The van der Waals surface area contributed by atoms with Gasteiger partial charge in [0.1, 0.15) is 0 Å². The molecule has 2 N–H and O–H groups in total. The van der Waals surface area contributed by atoms with Crippen LogP contribution in [-0.2, 0) is 14.8 Å². The molecule has 3 amide bonds. The van der Waals surface area contributed by atoms with Crippen molar-refractivity contribution >= 4 is 33.6 Å². The number of urea groups is 1. The highest BCUT2D eigenvalue weighted by atomic mass is 35.5. The zero-order valence-electron chi connectivity index (χ0n) is 16.4. The number of hydrogen-bond donors (Lipinski definition) is 2. The van der Waals surface area contributed by atoms with E-state index in [-0.39, 0.29) is 29.9 Å². The fourth-order valence-electron chi connectivity index (χ4n) is 3.76. The third-order valence-corrected chi connectivity index (χ3v) is 7.74. The average Bonchev–Trinajstić information content (AvgIpc) is 3.20. The van der Waals surface area contributed by atoms with E-state index in [0.717, 1.165) is 25.7 Å². The summed E-state index contributed by atoms with van der Waals surface area (Å²) in [5.74, 6) is -0.380. The van der Waals surface area contributed by atoms with Crippen molar-refractivity contribution in [3.8, 4) is 0 Å². The van der Waals surface area contributed by atoms with Crippen LogP contribution in [0.25, 0.3) is 0 Å². The minimum absolute atomic E-state index is 0.139. The van der Waals surface area contributed by atoms with Crippen molar-refractivity contribution in [3.05, 3.63) is 29.3 Å². The lowest BCUT2D eigenvalue weighted by Gasteiger charge is -2.36. The lowest BCUT2D eigenvalue weighted by atomic mass is 10.2. The summed E-state index contributed by atoms with van der Waals surface area (Å²) in [6, 6.07) is 5.23. The highest BCUT2D eigenvalue weighted by molar-refractivity contribution is 7.89. The van der Waals surface area contributed by atoms with E-state index in [1.165, 1.54) is 16.4 Å². The van der Waals surface area contributed by atoms with Crippen LogP contribution in [0.2, 0.25) is 5.02 Å². The fourth-order valence-corrected chi connectivity index (χ4v) is 5.31. The minimum Gasteiger partial charge on any atom is -0.335 e. The molecule has 0 bridgehead atoms. The van der Waals surface area contributed by atoms with Gasteiger partial charge in [0.15, 0.2) is 0 Å². The monoisotopic (exact) mass is 442 g/mol. The number of piperazine rings is 1. The molecule has 1 aromatic rings. The number of imide groups is 1. The number of benzene rings is 1. The van der Waals surface area contributed by atoms with Crippen LogP contribution >= 0.6 is 11.6 Å². The van der Waals surface area contributed by atoms with Crippen LogP contribution in [0.4, 0.5) is 4.79 Å². The molecule has 2 aliphatic rings. The van der Waals surface area contributed by atoms with E-state index < -0.39 is 22.1 Å². The number of nitrogens with one attached hydrogen (secondary N) is 2. The number of carbonyl (C=O) groups is 2. The van der Waals surface area contributed by atoms with Crippen molar-refractivity contribution in [2.75, 3.05) is 26.2 Å². The first-order valence-electron chi connectivity index (χ1n) is 9.88. The highest BCUT2D eigenvalue weighted by Crippen LogP contribution is 2.20. The molecular weight excluding hydrogens is 416 g/mol. The Morgan fingerprint density at radius 2 is 1.66 bits per heavy atom. The fraction of sp³-hybridized carbons (Fsp3) is 0.579. The van der Waals surface area contributed by atoms with Crippen LogP contribution in [0.3, 0.4) is 0 Å². The van der Waals surface area contributed by atoms with E-state index in [2.05, 4.69) is 10.6 Å². The second-order valence-corrected chi connectivity index (χ2v) is 9.89. The van der Waals surface area contributed by atoms with Gasteiger partial charge in [-0.3, -0.25) is 15.0 Å². The SMILES string of the molecule is CC(C(=O)NC(=O)NC1CCCC1)N1CCN(S(=O)(=O)c2ccc(Cl)cc2)CC1. The summed E-state index contributed by atoms with van der Waals surface area (Å²) in [4.78, 5) is 26.5. The maximum Gasteiger partial charge on any atom is 0.321 e. The molecule has 1 aromatic carbocycles. The summed E-state index contributed by atoms with van der Waals surface area (Å²) in [5, 5.41) is 5.71. The van der Waals surface area contributed by atoms with Crippen LogP contribution in [-0.4, -0.2) is 67.8 Å². The van der Waals surface area contributed by atoms with Gasteiger partial charge in [-0.2, -0.15) is 4.31 Å². The number of nitrogens with zero attached hydrogens (tertiary/aromatic N) is 2. The molecule has 3 rings (SSSR count). The maximum atomic E-state index is 12.8. The molecule has 1 aliphatic carbocycles. The minimum atomic E-state index is -3.60. The summed E-state index contributed by atoms with van der Waals surface area (Å²) in [6.07, 6.45) is 4.08. The van der Waals surface area contributed by atoms with Gasteiger partial charge in [0, 0.05) is 37.2 Å². The standard InChI is InChI=1S/C19H27ClN4O4S/c1-14(18(25)22-19(26)21-16-4-2-3-5-16)23-10-12-24(13-11-23)29(27,28)17-8-6-15(20)7-9-17/h6-9,14,16H,2-5,10-13H2,1H3,(H2,21,22,25,26). The molecule has 0 radical (unpaired) electrons. The van der Waals surface area contributed by atoms with Crippen LogP contribution in [0.1, 0.15) is 32.6 Å². The van der Waals surface area contributed by atoms with Crippen LogP contribution in [0.5, 0.6) is 0 Å². The van der Waals surface area contributed by atoms with E-state index in [1.54, 1.807) is 19.1 Å². The number of rotatable bonds is 5. The molecular formula is C19H27ClN4O4S. The molecule has 8 nitrogen and oxygen atoms in total. The average molecular weight is 443 g/mol. The van der Waals surface area contributed by atoms with E-state index in [1.807, 2.05) is 4.90 Å². The third-order valence-electron chi connectivity index (χ3n) is 5.58. The van der Waals surface area contributed by atoms with Gasteiger partial charge in [-0.25, -0.2) is 13.2 Å². The Hall–Kier alpha value is -1.68. The number of carbonyl (C=O) groups excluding carboxylic acids is 2. The summed E-state index contributed by atoms with van der Waals surface area (Å²) >= 11 is 5.83. The van der Waals surface area contributed by atoms with Gasteiger partial charge in [-0.15, -0.1) is 0 Å². The molecule has 160 valence electrons. The largest absolute Gasteiger partial charge is 0.335 e. The Labute approximate surface area is 176 Å². The first-order valence-corrected chi connectivity index (χ1v) is 11.7. The number of halogens is 1. The summed E-state index contributed by atoms with van der Waals surface area (Å²) in [6.45, 7) is 3.09. The molecule has 1 saturated heterocycles. The molecule has 1 aliphatic heterocycles. The van der Waals surface area contributed by atoms with Crippen molar-refractivity contribution in [3.63, 3.8) is 0 Å². The van der Waals surface area contributed by atoms with Gasteiger partial charge in [0.2, 0.25) is 15.9 Å². The van der Waals surface area contributed by atoms with Gasteiger partial charge in [0.05, 0.1) is 10.9 Å². The first kappa shape index (κ1) is 22.0. The van der Waals surface area contributed by atoms with Crippen LogP contribution < -0.4 is 10.6 Å². The molecule has 1 saturated carbocycles. The lowest BCUT2D eigenvalue weighted by Crippen LogP contribution is -2.56. The van der Waals surface area contributed by atoms with Crippen molar-refractivity contribution in [2.45, 2.75) is 49.6 Å². The Morgan fingerprint density at radius 1 is 1.07 bits per heavy atom. The van der Waals surface area contributed by atoms with Gasteiger partial charge in [-0.1, -0.05) is 24.4 Å². The Balaban J connectivity index is 1.50. The highest BCUT2D eigenvalue weighted by Gasteiger charge is 2.32. The zero-order chi connectivity index (χ0) is 21.0. The van der Waals surface area contributed by atoms with E-state index >= 15 is 0 Å². The molecule has 29 heavy (non-hydrogen) atoms. The van der Waals surface area contributed by atoms with E-state index in [4.69, 9.17) is 11.6 Å². The molecule has 1 unspecified atom stereocenters. The van der Waals surface area contributed by atoms with E-state index in [9.17, 15) is 18.0 Å². The predicted octanol–water partition coefficient (Wildman–Crippen LogP) is 1.80. The number of hydrogen-bond acceptors (Lipinski definition) is 5. The maximum absolute atomic E-state index is 12.8. The molecule has 1 atom stereocenters. The lowest BCUT2D eigenvalue weighted by molar-refractivity contribution is -0.125. The van der Waals surface area contributed by atoms with Crippen LogP contribution in [0.15, 0.2) is 29.2 Å². The van der Waals surface area contributed by atoms with Crippen molar-refractivity contribution < 1.29 is 18.0 Å².